The summed E-state index contributed by atoms with van der Waals surface area (Å²) in [6, 6.07) is 10.0. The molecule has 0 aliphatic rings. The third-order valence-corrected chi connectivity index (χ3v) is 2.96. The Bertz CT molecular complexity index is 560. The van der Waals surface area contributed by atoms with E-state index in [4.69, 9.17) is 0 Å². The van der Waals surface area contributed by atoms with E-state index in [0.717, 1.165) is 5.69 Å². The van der Waals surface area contributed by atoms with Crippen LogP contribution in [0.1, 0.15) is 16.1 Å². The summed E-state index contributed by atoms with van der Waals surface area (Å²) in [6.07, 6.45) is 1.64. The third kappa shape index (κ3) is 2.92. The zero-order valence-electron chi connectivity index (χ0n) is 9.36. The first-order chi connectivity index (χ1) is 8.68. The lowest BCUT2D eigenvalue weighted by Gasteiger charge is -2.06. The number of pyridine rings is 1. The topological polar surface area (TPSA) is 42.0 Å². The number of carbonyl (C=O) groups is 1. The van der Waals surface area contributed by atoms with E-state index in [2.05, 4.69) is 26.2 Å². The van der Waals surface area contributed by atoms with E-state index in [9.17, 15) is 9.18 Å². The zero-order valence-corrected chi connectivity index (χ0v) is 10.9. The van der Waals surface area contributed by atoms with Crippen LogP contribution in [-0.2, 0) is 6.54 Å². The highest BCUT2D eigenvalue weighted by molar-refractivity contribution is 9.10. The van der Waals surface area contributed by atoms with Gasteiger partial charge >= 0.3 is 0 Å². The molecule has 1 amide bonds. The van der Waals surface area contributed by atoms with Crippen molar-refractivity contribution in [3.05, 3.63) is 64.1 Å². The van der Waals surface area contributed by atoms with Gasteiger partial charge in [-0.15, -0.1) is 0 Å². The molecule has 0 aliphatic carbocycles. The fourth-order valence-corrected chi connectivity index (χ4v) is 1.81. The van der Waals surface area contributed by atoms with Crippen LogP contribution in [0.15, 0.2) is 47.1 Å². The average molecular weight is 309 g/mol. The predicted octanol–water partition coefficient (Wildman–Crippen LogP) is 2.91. The number of rotatable bonds is 3. The van der Waals surface area contributed by atoms with E-state index < -0.39 is 11.7 Å². The van der Waals surface area contributed by atoms with Gasteiger partial charge in [-0.2, -0.15) is 0 Å². The zero-order chi connectivity index (χ0) is 13.0. The van der Waals surface area contributed by atoms with Crippen LogP contribution in [0.25, 0.3) is 0 Å². The van der Waals surface area contributed by atoms with Gasteiger partial charge in [-0.1, -0.05) is 12.1 Å². The minimum absolute atomic E-state index is 0.0142. The van der Waals surface area contributed by atoms with Gasteiger partial charge in [0.05, 0.1) is 22.3 Å². The maximum Gasteiger partial charge on any atom is 0.254 e. The molecule has 0 saturated carbocycles. The molecule has 0 radical (unpaired) electrons. The number of nitrogens with zero attached hydrogens (tertiary/aromatic N) is 1. The van der Waals surface area contributed by atoms with Crippen molar-refractivity contribution in [1.29, 1.82) is 0 Å². The molecule has 0 unspecified atom stereocenters. The molecule has 0 saturated heterocycles. The first-order valence-corrected chi connectivity index (χ1v) is 6.10. The highest BCUT2D eigenvalue weighted by Crippen LogP contribution is 2.18. The lowest BCUT2D eigenvalue weighted by Crippen LogP contribution is -2.24. The number of benzene rings is 1. The Hall–Kier alpha value is -1.75. The first-order valence-electron chi connectivity index (χ1n) is 5.30. The van der Waals surface area contributed by atoms with Gasteiger partial charge in [0, 0.05) is 6.20 Å². The van der Waals surface area contributed by atoms with Crippen molar-refractivity contribution in [2.24, 2.45) is 0 Å². The minimum Gasteiger partial charge on any atom is -0.346 e. The molecule has 1 aromatic carbocycles. The van der Waals surface area contributed by atoms with Crippen molar-refractivity contribution in [2.75, 3.05) is 0 Å². The SMILES string of the molecule is O=C(NCc1ccccn1)c1cccc(Br)c1F. The molecule has 3 nitrogen and oxygen atoms in total. The van der Waals surface area contributed by atoms with Crippen molar-refractivity contribution in [1.82, 2.24) is 10.3 Å². The Kier molecular flexibility index (Phi) is 4.04. The van der Waals surface area contributed by atoms with Crippen molar-refractivity contribution >= 4 is 21.8 Å². The number of hydrogen-bond acceptors (Lipinski definition) is 2. The monoisotopic (exact) mass is 308 g/mol. The maximum absolute atomic E-state index is 13.7. The first kappa shape index (κ1) is 12.7. The molecule has 18 heavy (non-hydrogen) atoms. The fraction of sp³-hybridized carbons (Fsp3) is 0.0769. The molecule has 1 aromatic heterocycles. The van der Waals surface area contributed by atoms with Crippen LogP contribution in [0.2, 0.25) is 0 Å². The van der Waals surface area contributed by atoms with Gasteiger partial charge in [0.2, 0.25) is 0 Å². The molecular weight excluding hydrogens is 299 g/mol. The molecule has 92 valence electrons. The molecule has 1 heterocycles. The Morgan fingerprint density at radius 1 is 1.28 bits per heavy atom. The third-order valence-electron chi connectivity index (χ3n) is 2.35. The molecular formula is C13H10BrFN2O. The van der Waals surface area contributed by atoms with Gasteiger partial charge in [0.1, 0.15) is 5.82 Å². The summed E-state index contributed by atoms with van der Waals surface area (Å²) in [5, 5.41) is 2.62. The van der Waals surface area contributed by atoms with E-state index in [1.165, 1.54) is 6.07 Å². The molecule has 0 aliphatic heterocycles. The van der Waals surface area contributed by atoms with Gasteiger partial charge in [0.15, 0.2) is 0 Å². The Morgan fingerprint density at radius 2 is 2.11 bits per heavy atom. The van der Waals surface area contributed by atoms with E-state index >= 15 is 0 Å². The summed E-state index contributed by atoms with van der Waals surface area (Å²) in [5.74, 6) is -1.02. The summed E-state index contributed by atoms with van der Waals surface area (Å²) in [7, 11) is 0. The standard InChI is InChI=1S/C13H10BrFN2O/c14-11-6-3-5-10(12(11)15)13(18)17-8-9-4-1-2-7-16-9/h1-7H,8H2,(H,17,18). The van der Waals surface area contributed by atoms with Crippen LogP contribution in [0.4, 0.5) is 4.39 Å². The van der Waals surface area contributed by atoms with Gasteiger partial charge in [0.25, 0.3) is 5.91 Å². The lowest BCUT2D eigenvalue weighted by molar-refractivity contribution is 0.0946. The molecule has 1 N–H and O–H groups in total. The molecule has 0 spiro atoms. The normalized spacial score (nSPS) is 10.1. The number of amides is 1. The molecule has 2 aromatic rings. The van der Waals surface area contributed by atoms with Crippen LogP contribution in [0.5, 0.6) is 0 Å². The second-order valence-electron chi connectivity index (χ2n) is 3.61. The van der Waals surface area contributed by atoms with Crippen LogP contribution in [-0.4, -0.2) is 10.9 Å². The van der Waals surface area contributed by atoms with Crippen molar-refractivity contribution in [2.45, 2.75) is 6.54 Å². The number of aromatic nitrogens is 1. The molecule has 0 bridgehead atoms. The number of carbonyl (C=O) groups excluding carboxylic acids is 1. The van der Waals surface area contributed by atoms with Gasteiger partial charge in [-0.05, 0) is 40.2 Å². The van der Waals surface area contributed by atoms with Crippen LogP contribution < -0.4 is 5.32 Å². The van der Waals surface area contributed by atoms with Crippen LogP contribution in [0, 0.1) is 5.82 Å². The Balaban J connectivity index is 2.07. The van der Waals surface area contributed by atoms with Gasteiger partial charge in [-0.25, -0.2) is 4.39 Å². The number of hydrogen-bond donors (Lipinski definition) is 1. The highest BCUT2D eigenvalue weighted by atomic mass is 79.9. The quantitative estimate of drug-likeness (QED) is 0.947. The van der Waals surface area contributed by atoms with Crippen molar-refractivity contribution in [3.63, 3.8) is 0 Å². The molecule has 0 fully saturated rings. The molecule has 0 atom stereocenters. The van der Waals surface area contributed by atoms with Gasteiger partial charge < -0.3 is 5.32 Å². The van der Waals surface area contributed by atoms with E-state index in [-0.39, 0.29) is 16.6 Å². The molecule has 5 heteroatoms. The van der Waals surface area contributed by atoms with E-state index in [0.29, 0.717) is 0 Å². The summed E-state index contributed by atoms with van der Waals surface area (Å²) >= 11 is 3.04. The largest absolute Gasteiger partial charge is 0.346 e. The lowest BCUT2D eigenvalue weighted by atomic mass is 10.2. The predicted molar refractivity (Wildman–Crippen MR) is 69.5 cm³/mol. The summed E-state index contributed by atoms with van der Waals surface area (Å²) in [4.78, 5) is 15.9. The Morgan fingerprint density at radius 3 is 2.83 bits per heavy atom. The summed E-state index contributed by atoms with van der Waals surface area (Å²) in [6.45, 7) is 0.269. The number of halogens is 2. The number of nitrogens with one attached hydrogen (secondary N) is 1. The second kappa shape index (κ2) is 5.73. The fourth-order valence-electron chi connectivity index (χ4n) is 1.45. The van der Waals surface area contributed by atoms with Crippen LogP contribution >= 0.6 is 15.9 Å². The summed E-state index contributed by atoms with van der Waals surface area (Å²) < 4.78 is 13.9. The average Bonchev–Trinajstić information content (AvgIpc) is 2.40. The molecule has 2 rings (SSSR count). The maximum atomic E-state index is 13.7. The summed E-state index contributed by atoms with van der Waals surface area (Å²) in [5.41, 5.74) is 0.738. The highest BCUT2D eigenvalue weighted by Gasteiger charge is 2.13. The van der Waals surface area contributed by atoms with E-state index in [1.54, 1.807) is 30.5 Å². The van der Waals surface area contributed by atoms with Crippen LogP contribution in [0.3, 0.4) is 0 Å². The van der Waals surface area contributed by atoms with Gasteiger partial charge in [-0.3, -0.25) is 9.78 Å². The minimum atomic E-state index is -0.559. The van der Waals surface area contributed by atoms with Crippen molar-refractivity contribution < 1.29 is 9.18 Å². The smallest absolute Gasteiger partial charge is 0.254 e. The van der Waals surface area contributed by atoms with E-state index in [1.807, 2.05) is 6.07 Å². The second-order valence-corrected chi connectivity index (χ2v) is 4.46. The van der Waals surface area contributed by atoms with Crippen molar-refractivity contribution in [3.8, 4) is 0 Å². The Labute approximate surface area is 112 Å².